The van der Waals surface area contributed by atoms with E-state index in [9.17, 15) is 9.59 Å². The quantitative estimate of drug-likeness (QED) is 0.586. The van der Waals surface area contributed by atoms with Crippen molar-refractivity contribution in [3.05, 3.63) is 35.4 Å². The second-order valence-corrected chi connectivity index (χ2v) is 4.95. The summed E-state index contributed by atoms with van der Waals surface area (Å²) in [6.45, 7) is 4.51. The van der Waals surface area contributed by atoms with Gasteiger partial charge in [-0.3, -0.25) is 14.9 Å². The molecule has 0 unspecified atom stereocenters. The fraction of sp³-hybridized carbons (Fsp3) is 0.333. The molecule has 1 heterocycles. The Balaban J connectivity index is 0.000000221. The van der Waals surface area contributed by atoms with Crippen LogP contribution in [0.3, 0.4) is 0 Å². The molecule has 0 spiro atoms. The number of carbonyl (C=O) groups is 2. The standard InChI is InChI=1S/C8H5NO2.C4H9.Al.2H/c10-7-5-3-1-2-4-6(5)8(11)9-7;1-4(2)3;;;/h1-4H,(H,9,10,11);4H,1H2,2-3H3;;;. The third-order valence-corrected chi connectivity index (χ3v) is 4.09. The van der Waals surface area contributed by atoms with Crippen LogP contribution in [0.15, 0.2) is 24.3 Å². The predicted octanol–water partition coefficient (Wildman–Crippen LogP) is 1.26. The molecule has 1 aliphatic rings. The van der Waals surface area contributed by atoms with Gasteiger partial charge in [-0.15, -0.1) is 0 Å². The van der Waals surface area contributed by atoms with Gasteiger partial charge in [-0.2, -0.15) is 0 Å². The van der Waals surface area contributed by atoms with Crippen LogP contribution in [0, 0.1) is 5.92 Å². The third-order valence-electron chi connectivity index (χ3n) is 2.46. The van der Waals surface area contributed by atoms with E-state index >= 15 is 0 Å². The van der Waals surface area contributed by atoms with Crippen LogP contribution in [0.2, 0.25) is 5.28 Å². The Morgan fingerprint density at radius 1 is 1.12 bits per heavy atom. The van der Waals surface area contributed by atoms with E-state index in [0.29, 0.717) is 11.1 Å². The number of hydrogen-bond donors (Lipinski definition) is 1. The zero-order chi connectivity index (χ0) is 12.1. The second kappa shape index (κ2) is 5.84. The Morgan fingerprint density at radius 2 is 1.50 bits per heavy atom. The Labute approximate surface area is 104 Å². The minimum Gasteiger partial charge on any atom is -0.288 e. The van der Waals surface area contributed by atoms with Crippen molar-refractivity contribution in [3.63, 3.8) is 0 Å². The summed E-state index contributed by atoms with van der Waals surface area (Å²) in [7, 11) is 0. The van der Waals surface area contributed by atoms with Gasteiger partial charge in [0.05, 0.1) is 11.1 Å². The molecule has 0 aromatic heterocycles. The lowest BCUT2D eigenvalue weighted by Gasteiger charge is -1.90. The lowest BCUT2D eigenvalue weighted by atomic mass is 10.1. The molecular weight excluding hydrogens is 217 g/mol. The molecule has 1 aromatic rings. The minimum absolute atomic E-state index is 0.300. The van der Waals surface area contributed by atoms with E-state index in [2.05, 4.69) is 19.2 Å². The van der Waals surface area contributed by atoms with Gasteiger partial charge in [0.15, 0.2) is 0 Å². The zero-order valence-corrected chi connectivity index (χ0v) is 11.9. The van der Waals surface area contributed by atoms with E-state index in [1.165, 1.54) is 21.6 Å². The largest absolute Gasteiger partial charge is 0.288 e. The van der Waals surface area contributed by atoms with Crippen molar-refractivity contribution in [1.82, 2.24) is 5.32 Å². The van der Waals surface area contributed by atoms with Gasteiger partial charge in [-0.05, 0) is 12.1 Å². The van der Waals surface area contributed by atoms with Crippen molar-refractivity contribution in [3.8, 4) is 0 Å². The zero-order valence-electron chi connectivity index (χ0n) is 9.91. The highest BCUT2D eigenvalue weighted by atomic mass is 27.0. The molecule has 0 radical (unpaired) electrons. The van der Waals surface area contributed by atoms with Crippen molar-refractivity contribution in [1.29, 1.82) is 0 Å². The highest BCUT2D eigenvalue weighted by Gasteiger charge is 2.25. The molecule has 16 heavy (non-hydrogen) atoms. The molecule has 0 fully saturated rings. The Morgan fingerprint density at radius 3 is 1.81 bits per heavy atom. The van der Waals surface area contributed by atoms with Crippen molar-refractivity contribution in [2.24, 2.45) is 5.92 Å². The molecule has 1 N–H and O–H groups in total. The van der Waals surface area contributed by atoms with E-state index in [0.717, 1.165) is 5.92 Å². The van der Waals surface area contributed by atoms with Crippen LogP contribution in [0.1, 0.15) is 34.6 Å². The van der Waals surface area contributed by atoms with Gasteiger partial charge >= 0.3 is 0 Å². The molecule has 0 bridgehead atoms. The summed E-state index contributed by atoms with van der Waals surface area (Å²) in [6.07, 6.45) is 0. The molecule has 84 valence electrons. The number of carbonyl (C=O) groups excluding carboxylic acids is 2. The van der Waals surface area contributed by atoms with Gasteiger partial charge in [0.1, 0.15) is 0 Å². The predicted molar refractivity (Wildman–Crippen MR) is 66.4 cm³/mol. The molecule has 2 amide bonds. The molecule has 0 aliphatic carbocycles. The number of rotatable bonds is 1. The Hall–Kier alpha value is -1.11. The maximum Gasteiger partial charge on any atom is 0.258 e. The first kappa shape index (κ1) is 13.0. The molecule has 4 heteroatoms. The molecule has 0 saturated heterocycles. The minimum atomic E-state index is -0.300. The van der Waals surface area contributed by atoms with Crippen LogP contribution in [0.25, 0.3) is 0 Å². The lowest BCUT2D eigenvalue weighted by molar-refractivity contribution is 0.0879. The van der Waals surface area contributed by atoms with Crippen LogP contribution in [-0.4, -0.2) is 28.1 Å². The van der Waals surface area contributed by atoms with Gasteiger partial charge < -0.3 is 0 Å². The van der Waals surface area contributed by atoms with E-state index < -0.39 is 0 Å². The molecule has 1 aliphatic heterocycles. The summed E-state index contributed by atoms with van der Waals surface area (Å²) in [5.74, 6) is 0.345. The number of amides is 2. The number of hydrogen-bond acceptors (Lipinski definition) is 2. The SMILES string of the molecule is CC(C)[CH2][AlH2].O=C1NC(=O)c2ccccc21. The Bertz CT molecular complexity index is 369. The molecule has 1 aromatic carbocycles. The summed E-state index contributed by atoms with van der Waals surface area (Å²) in [4.78, 5) is 21.9. The van der Waals surface area contributed by atoms with Gasteiger partial charge in [0.25, 0.3) is 11.8 Å². The number of fused-ring (bicyclic) bond motifs is 1. The molecule has 0 saturated carbocycles. The molecular formula is C12H16AlNO2. The van der Waals surface area contributed by atoms with Crippen molar-refractivity contribution < 1.29 is 9.59 Å². The average Bonchev–Trinajstić information content (AvgIpc) is 2.56. The summed E-state index contributed by atoms with van der Waals surface area (Å²) in [6, 6.07) is 6.74. The smallest absolute Gasteiger partial charge is 0.258 e. The fourth-order valence-electron chi connectivity index (χ4n) is 1.12. The van der Waals surface area contributed by atoms with Gasteiger partial charge in [0.2, 0.25) is 16.3 Å². The maximum absolute atomic E-state index is 10.9. The second-order valence-electron chi connectivity index (χ2n) is 4.13. The van der Waals surface area contributed by atoms with E-state index in [4.69, 9.17) is 0 Å². The van der Waals surface area contributed by atoms with E-state index in [1.54, 1.807) is 24.3 Å². The van der Waals surface area contributed by atoms with E-state index in [-0.39, 0.29) is 11.8 Å². The monoisotopic (exact) mass is 233 g/mol. The highest BCUT2D eigenvalue weighted by molar-refractivity contribution is 6.21. The summed E-state index contributed by atoms with van der Waals surface area (Å²) >= 11 is 1.37. The van der Waals surface area contributed by atoms with Gasteiger partial charge in [-0.25, -0.2) is 0 Å². The molecule has 0 atom stereocenters. The highest BCUT2D eigenvalue weighted by Crippen LogP contribution is 2.13. The van der Waals surface area contributed by atoms with Crippen LogP contribution < -0.4 is 5.32 Å². The normalized spacial score (nSPS) is 12.9. The fourth-order valence-corrected chi connectivity index (χ4v) is 1.12. The maximum atomic E-state index is 10.9. The van der Waals surface area contributed by atoms with Crippen LogP contribution in [0.5, 0.6) is 0 Å². The van der Waals surface area contributed by atoms with Crippen molar-refractivity contribution in [2.75, 3.05) is 0 Å². The van der Waals surface area contributed by atoms with Crippen LogP contribution in [0.4, 0.5) is 0 Å². The first-order valence-electron chi connectivity index (χ1n) is 5.51. The Kier molecular flexibility index (Phi) is 4.73. The van der Waals surface area contributed by atoms with Crippen molar-refractivity contribution >= 4 is 28.1 Å². The van der Waals surface area contributed by atoms with Gasteiger partial charge in [-0.1, -0.05) is 37.2 Å². The summed E-state index contributed by atoms with van der Waals surface area (Å²) in [5.41, 5.74) is 0.940. The third kappa shape index (κ3) is 3.19. The first-order valence-corrected chi connectivity index (χ1v) is 6.92. The molecule has 2 rings (SSSR count). The number of imide groups is 1. The topological polar surface area (TPSA) is 46.2 Å². The summed E-state index contributed by atoms with van der Waals surface area (Å²) in [5, 5.41) is 3.65. The van der Waals surface area contributed by atoms with E-state index in [1.807, 2.05) is 0 Å². The lowest BCUT2D eigenvalue weighted by Crippen LogP contribution is -2.19. The summed E-state index contributed by atoms with van der Waals surface area (Å²) < 4.78 is 0. The van der Waals surface area contributed by atoms with Crippen LogP contribution >= 0.6 is 0 Å². The first-order chi connectivity index (χ1) is 7.56. The molecule has 3 nitrogen and oxygen atoms in total. The number of benzene rings is 1. The van der Waals surface area contributed by atoms with Crippen LogP contribution in [-0.2, 0) is 0 Å². The van der Waals surface area contributed by atoms with Crippen molar-refractivity contribution in [2.45, 2.75) is 19.1 Å². The van der Waals surface area contributed by atoms with Gasteiger partial charge in [0, 0.05) is 0 Å². The average molecular weight is 233 g/mol. The number of nitrogens with one attached hydrogen (secondary N) is 1.